The second kappa shape index (κ2) is 6.52. The lowest BCUT2D eigenvalue weighted by Crippen LogP contribution is -2.35. The predicted octanol–water partition coefficient (Wildman–Crippen LogP) is 1.27. The summed E-state index contributed by atoms with van der Waals surface area (Å²) >= 11 is 0. The molecule has 108 valence electrons. The monoisotopic (exact) mass is 276 g/mol. The van der Waals surface area contributed by atoms with Crippen molar-refractivity contribution in [1.29, 1.82) is 0 Å². The first-order valence-corrected chi connectivity index (χ1v) is 6.90. The molecule has 0 radical (unpaired) electrons. The summed E-state index contributed by atoms with van der Waals surface area (Å²) in [5.74, 6) is 0.0169. The molecule has 1 aromatic carbocycles. The van der Waals surface area contributed by atoms with Crippen molar-refractivity contribution in [1.82, 2.24) is 4.90 Å². The Balaban J connectivity index is 2.09. The number of nitrogens with zero attached hydrogens (tertiary/aromatic N) is 2. The molecule has 1 N–H and O–H groups in total. The number of rotatable bonds is 4. The van der Waals surface area contributed by atoms with Gasteiger partial charge in [-0.1, -0.05) is 0 Å². The van der Waals surface area contributed by atoms with Crippen molar-refractivity contribution in [2.24, 2.45) is 0 Å². The van der Waals surface area contributed by atoms with Crippen LogP contribution in [0.5, 0.6) is 0 Å². The summed E-state index contributed by atoms with van der Waals surface area (Å²) in [6, 6.07) is 7.08. The lowest BCUT2D eigenvalue weighted by Gasteiger charge is -2.27. The summed E-state index contributed by atoms with van der Waals surface area (Å²) in [5.41, 5.74) is 1.41. The number of aliphatic hydroxyl groups excluding tert-OH is 1. The van der Waals surface area contributed by atoms with E-state index >= 15 is 0 Å². The van der Waals surface area contributed by atoms with Crippen LogP contribution in [0.3, 0.4) is 0 Å². The Morgan fingerprint density at radius 2 is 2.00 bits per heavy atom. The van der Waals surface area contributed by atoms with E-state index in [-0.39, 0.29) is 18.4 Å². The highest BCUT2D eigenvalue weighted by atomic mass is 16.3. The van der Waals surface area contributed by atoms with Gasteiger partial charge in [0.15, 0.2) is 0 Å². The summed E-state index contributed by atoms with van der Waals surface area (Å²) in [6.45, 7) is 1.00. The van der Waals surface area contributed by atoms with E-state index in [9.17, 15) is 9.59 Å². The number of piperidine rings is 1. The molecule has 1 fully saturated rings. The molecular weight excluding hydrogens is 256 g/mol. The van der Waals surface area contributed by atoms with Gasteiger partial charge in [0.2, 0.25) is 5.91 Å². The van der Waals surface area contributed by atoms with Gasteiger partial charge in [0.05, 0.1) is 6.61 Å². The Hall–Kier alpha value is -1.88. The van der Waals surface area contributed by atoms with E-state index in [4.69, 9.17) is 5.11 Å². The lowest BCUT2D eigenvalue weighted by molar-refractivity contribution is -0.119. The Morgan fingerprint density at radius 3 is 2.60 bits per heavy atom. The quantitative estimate of drug-likeness (QED) is 0.901. The average Bonchev–Trinajstić information content (AvgIpc) is 2.47. The highest BCUT2D eigenvalue weighted by molar-refractivity contribution is 5.96. The van der Waals surface area contributed by atoms with Crippen molar-refractivity contribution in [3.05, 3.63) is 29.8 Å². The molecule has 5 heteroatoms. The van der Waals surface area contributed by atoms with Crippen LogP contribution in [-0.4, -0.2) is 48.6 Å². The summed E-state index contributed by atoms with van der Waals surface area (Å²) in [5, 5.41) is 8.84. The Morgan fingerprint density at radius 1 is 1.30 bits per heavy atom. The van der Waals surface area contributed by atoms with E-state index in [1.807, 2.05) is 12.1 Å². The predicted molar refractivity (Wildman–Crippen MR) is 76.7 cm³/mol. The largest absolute Gasteiger partial charge is 0.395 e. The minimum Gasteiger partial charge on any atom is -0.395 e. The molecule has 1 heterocycles. The van der Waals surface area contributed by atoms with Gasteiger partial charge in [0.25, 0.3) is 5.91 Å². The van der Waals surface area contributed by atoms with Crippen molar-refractivity contribution in [2.75, 3.05) is 31.6 Å². The minimum atomic E-state index is -0.129. The summed E-state index contributed by atoms with van der Waals surface area (Å²) in [4.78, 5) is 27.1. The number of hydrogen-bond acceptors (Lipinski definition) is 3. The maximum Gasteiger partial charge on any atom is 0.253 e. The Labute approximate surface area is 118 Å². The SMILES string of the molecule is CN(CCO)C(=O)c1ccc(N2CCCCC2=O)cc1. The molecule has 2 amide bonds. The molecule has 0 atom stereocenters. The third-order valence-electron chi connectivity index (χ3n) is 3.53. The maximum absolute atomic E-state index is 12.0. The molecule has 0 aromatic heterocycles. The fourth-order valence-electron chi connectivity index (χ4n) is 2.33. The number of hydrogen-bond donors (Lipinski definition) is 1. The molecule has 1 aliphatic heterocycles. The second-order valence-electron chi connectivity index (χ2n) is 5.00. The Kier molecular flexibility index (Phi) is 4.74. The smallest absolute Gasteiger partial charge is 0.253 e. The van der Waals surface area contributed by atoms with Gasteiger partial charge in [-0.3, -0.25) is 9.59 Å². The first kappa shape index (κ1) is 14.5. The average molecular weight is 276 g/mol. The zero-order valence-electron chi connectivity index (χ0n) is 11.7. The van der Waals surface area contributed by atoms with Crippen LogP contribution in [0.1, 0.15) is 29.6 Å². The van der Waals surface area contributed by atoms with Crippen molar-refractivity contribution in [2.45, 2.75) is 19.3 Å². The molecular formula is C15H20N2O3. The first-order valence-electron chi connectivity index (χ1n) is 6.90. The molecule has 5 nitrogen and oxygen atoms in total. The topological polar surface area (TPSA) is 60.9 Å². The highest BCUT2D eigenvalue weighted by Crippen LogP contribution is 2.21. The number of amides is 2. The van der Waals surface area contributed by atoms with Crippen LogP contribution in [-0.2, 0) is 4.79 Å². The molecule has 1 aromatic rings. The van der Waals surface area contributed by atoms with Crippen molar-refractivity contribution in [3.8, 4) is 0 Å². The van der Waals surface area contributed by atoms with Gasteiger partial charge in [-0.15, -0.1) is 0 Å². The number of likely N-dealkylation sites (N-methyl/N-ethyl adjacent to an activating group) is 1. The standard InChI is InChI=1S/C15H20N2O3/c1-16(10-11-18)15(20)12-5-7-13(8-6-12)17-9-3-2-4-14(17)19/h5-8,18H,2-4,9-11H2,1H3. The molecule has 1 aliphatic rings. The first-order chi connectivity index (χ1) is 9.63. The van der Waals surface area contributed by atoms with Crippen LogP contribution < -0.4 is 4.90 Å². The van der Waals surface area contributed by atoms with E-state index in [0.29, 0.717) is 18.5 Å². The van der Waals surface area contributed by atoms with E-state index in [0.717, 1.165) is 25.1 Å². The summed E-state index contributed by atoms with van der Waals surface area (Å²) in [6.07, 6.45) is 2.57. The zero-order chi connectivity index (χ0) is 14.5. The lowest BCUT2D eigenvalue weighted by atomic mass is 10.1. The van der Waals surface area contributed by atoms with Crippen LogP contribution in [0.15, 0.2) is 24.3 Å². The molecule has 20 heavy (non-hydrogen) atoms. The van der Waals surface area contributed by atoms with Gasteiger partial charge in [0.1, 0.15) is 0 Å². The van der Waals surface area contributed by atoms with Gasteiger partial charge in [-0.2, -0.15) is 0 Å². The summed E-state index contributed by atoms with van der Waals surface area (Å²) in [7, 11) is 1.65. The minimum absolute atomic E-state index is 0.0530. The van der Waals surface area contributed by atoms with E-state index in [1.165, 1.54) is 4.90 Å². The zero-order valence-corrected chi connectivity index (χ0v) is 11.7. The van der Waals surface area contributed by atoms with Crippen LogP contribution in [0.25, 0.3) is 0 Å². The fraction of sp³-hybridized carbons (Fsp3) is 0.467. The molecule has 0 spiro atoms. The maximum atomic E-state index is 12.0. The summed E-state index contributed by atoms with van der Waals surface area (Å²) < 4.78 is 0. The van der Waals surface area contributed by atoms with Gasteiger partial charge in [0, 0.05) is 37.8 Å². The number of carbonyl (C=O) groups excluding carboxylic acids is 2. The van der Waals surface area contributed by atoms with Crippen molar-refractivity contribution < 1.29 is 14.7 Å². The van der Waals surface area contributed by atoms with E-state index < -0.39 is 0 Å². The van der Waals surface area contributed by atoms with Gasteiger partial charge >= 0.3 is 0 Å². The van der Waals surface area contributed by atoms with Crippen LogP contribution in [0.4, 0.5) is 5.69 Å². The molecule has 0 saturated carbocycles. The normalized spacial score (nSPS) is 15.3. The number of benzene rings is 1. The molecule has 1 saturated heterocycles. The van der Waals surface area contributed by atoms with Gasteiger partial charge in [-0.05, 0) is 37.1 Å². The van der Waals surface area contributed by atoms with Crippen molar-refractivity contribution >= 4 is 17.5 Å². The van der Waals surface area contributed by atoms with Crippen LogP contribution >= 0.6 is 0 Å². The fourth-order valence-corrected chi connectivity index (χ4v) is 2.33. The Bertz CT molecular complexity index is 484. The highest BCUT2D eigenvalue weighted by Gasteiger charge is 2.20. The molecule has 2 rings (SSSR count). The number of anilines is 1. The van der Waals surface area contributed by atoms with E-state index in [1.54, 1.807) is 24.1 Å². The third kappa shape index (κ3) is 3.17. The number of aliphatic hydroxyl groups is 1. The molecule has 0 bridgehead atoms. The van der Waals surface area contributed by atoms with Crippen LogP contribution in [0.2, 0.25) is 0 Å². The van der Waals surface area contributed by atoms with Gasteiger partial charge < -0.3 is 14.9 Å². The number of carbonyl (C=O) groups is 2. The van der Waals surface area contributed by atoms with Crippen molar-refractivity contribution in [3.63, 3.8) is 0 Å². The molecule has 0 aliphatic carbocycles. The third-order valence-corrected chi connectivity index (χ3v) is 3.53. The van der Waals surface area contributed by atoms with Gasteiger partial charge in [-0.25, -0.2) is 0 Å². The van der Waals surface area contributed by atoms with E-state index in [2.05, 4.69) is 0 Å². The molecule has 0 unspecified atom stereocenters. The van der Waals surface area contributed by atoms with Crippen LogP contribution in [0, 0.1) is 0 Å². The second-order valence-corrected chi connectivity index (χ2v) is 5.00.